The average Bonchev–Trinajstić information content (AvgIpc) is 3.19. The summed E-state index contributed by atoms with van der Waals surface area (Å²) in [6.07, 6.45) is 4.23. The Morgan fingerprint density at radius 2 is 1.94 bits per heavy atom. The Kier molecular flexibility index (Phi) is 6.84. The third-order valence-electron chi connectivity index (χ3n) is 5.53. The van der Waals surface area contributed by atoms with Gasteiger partial charge in [-0.3, -0.25) is 14.7 Å². The summed E-state index contributed by atoms with van der Waals surface area (Å²) < 4.78 is 5.27. The van der Waals surface area contributed by atoms with Crippen LogP contribution in [0.15, 0.2) is 53.3 Å². The molecule has 162 valence electrons. The summed E-state index contributed by atoms with van der Waals surface area (Å²) in [5, 5.41) is 7.84. The van der Waals surface area contributed by atoms with E-state index in [1.54, 1.807) is 19.3 Å². The maximum absolute atomic E-state index is 12.7. The van der Waals surface area contributed by atoms with Crippen LogP contribution in [0.2, 0.25) is 5.02 Å². The van der Waals surface area contributed by atoms with Crippen LogP contribution < -0.4 is 10.2 Å². The molecule has 1 N–H and O–H groups in total. The molecule has 31 heavy (non-hydrogen) atoms. The van der Waals surface area contributed by atoms with Gasteiger partial charge in [0.25, 0.3) is 5.91 Å². The number of piperazine rings is 1. The number of anilines is 1. The maximum Gasteiger partial charge on any atom is 0.257 e. The number of rotatable bonds is 7. The lowest BCUT2D eigenvalue weighted by Crippen LogP contribution is -2.47. The number of aromatic nitrogens is 2. The van der Waals surface area contributed by atoms with Crippen LogP contribution in [-0.2, 0) is 0 Å². The molecule has 1 saturated heterocycles. The Labute approximate surface area is 187 Å². The summed E-state index contributed by atoms with van der Waals surface area (Å²) in [6.45, 7) is 7.25. The van der Waals surface area contributed by atoms with Gasteiger partial charge in [-0.1, -0.05) is 22.8 Å². The molecule has 1 amide bonds. The van der Waals surface area contributed by atoms with E-state index in [1.165, 1.54) is 5.69 Å². The van der Waals surface area contributed by atoms with E-state index in [9.17, 15) is 4.79 Å². The monoisotopic (exact) mass is 439 g/mol. The van der Waals surface area contributed by atoms with E-state index in [4.69, 9.17) is 16.1 Å². The minimum atomic E-state index is -0.156. The fraction of sp³-hybridized carbons (Fsp3) is 0.348. The number of hydrogen-bond acceptors (Lipinski definition) is 6. The van der Waals surface area contributed by atoms with Gasteiger partial charge in [-0.05, 0) is 50.2 Å². The van der Waals surface area contributed by atoms with Crippen molar-refractivity contribution >= 4 is 23.2 Å². The lowest BCUT2D eigenvalue weighted by atomic mass is 10.1. The SMILES string of the molecule is Cc1onc(-c2ccncc2)c1C(=O)NCCCN1CCN(c2cccc(Cl)c2)CC1. The highest BCUT2D eigenvalue weighted by atomic mass is 35.5. The smallest absolute Gasteiger partial charge is 0.257 e. The number of benzene rings is 1. The van der Waals surface area contributed by atoms with Gasteiger partial charge in [-0.25, -0.2) is 0 Å². The molecular formula is C23H26ClN5O2. The number of amides is 1. The predicted octanol–water partition coefficient (Wildman–Crippen LogP) is 3.64. The zero-order chi connectivity index (χ0) is 21.6. The van der Waals surface area contributed by atoms with Crippen molar-refractivity contribution in [1.29, 1.82) is 0 Å². The standard InChI is InChI=1S/C23H26ClN5O2/c1-17-21(22(27-31-17)18-6-9-25-10-7-18)23(30)26-8-3-11-28-12-14-29(15-13-28)20-5-2-4-19(24)16-20/h2,4-7,9-10,16H,3,8,11-15H2,1H3,(H,26,30). The number of nitrogens with zero attached hydrogens (tertiary/aromatic N) is 4. The van der Waals surface area contributed by atoms with Crippen LogP contribution >= 0.6 is 11.6 Å². The van der Waals surface area contributed by atoms with Crippen molar-refractivity contribution in [2.24, 2.45) is 0 Å². The van der Waals surface area contributed by atoms with Gasteiger partial charge in [0, 0.05) is 61.4 Å². The molecule has 0 atom stereocenters. The third kappa shape index (κ3) is 5.24. The van der Waals surface area contributed by atoms with Crippen molar-refractivity contribution in [3.8, 4) is 11.3 Å². The van der Waals surface area contributed by atoms with E-state index in [1.807, 2.05) is 30.3 Å². The molecule has 1 aliphatic heterocycles. The van der Waals surface area contributed by atoms with Crippen LogP contribution in [-0.4, -0.2) is 60.2 Å². The minimum Gasteiger partial charge on any atom is -0.369 e. The van der Waals surface area contributed by atoms with Gasteiger partial charge < -0.3 is 14.7 Å². The van der Waals surface area contributed by atoms with Crippen molar-refractivity contribution in [3.05, 3.63) is 65.1 Å². The summed E-state index contributed by atoms with van der Waals surface area (Å²) in [6, 6.07) is 11.6. The van der Waals surface area contributed by atoms with Crippen LogP contribution in [0.1, 0.15) is 22.5 Å². The van der Waals surface area contributed by atoms with Gasteiger partial charge in [-0.15, -0.1) is 0 Å². The summed E-state index contributed by atoms with van der Waals surface area (Å²) in [4.78, 5) is 21.5. The molecule has 0 bridgehead atoms. The van der Waals surface area contributed by atoms with E-state index in [0.717, 1.165) is 49.7 Å². The van der Waals surface area contributed by atoms with Crippen molar-refractivity contribution in [2.45, 2.75) is 13.3 Å². The van der Waals surface area contributed by atoms with E-state index in [-0.39, 0.29) is 5.91 Å². The summed E-state index contributed by atoms with van der Waals surface area (Å²) >= 11 is 6.11. The second-order valence-electron chi connectivity index (χ2n) is 7.62. The lowest BCUT2D eigenvalue weighted by Gasteiger charge is -2.36. The Bertz CT molecular complexity index is 1020. The van der Waals surface area contributed by atoms with Crippen LogP contribution in [0.25, 0.3) is 11.3 Å². The molecule has 0 unspecified atom stereocenters. The quantitative estimate of drug-likeness (QED) is 0.566. The Balaban J connectivity index is 1.23. The predicted molar refractivity (Wildman–Crippen MR) is 122 cm³/mol. The van der Waals surface area contributed by atoms with Crippen LogP contribution in [0.3, 0.4) is 0 Å². The highest BCUT2D eigenvalue weighted by molar-refractivity contribution is 6.30. The first-order valence-corrected chi connectivity index (χ1v) is 10.9. The molecule has 0 spiro atoms. The normalized spacial score (nSPS) is 14.6. The van der Waals surface area contributed by atoms with Gasteiger partial charge in [-0.2, -0.15) is 0 Å². The first-order valence-electron chi connectivity index (χ1n) is 10.5. The van der Waals surface area contributed by atoms with Gasteiger partial charge in [0.2, 0.25) is 0 Å². The molecule has 8 heteroatoms. The molecule has 1 aliphatic rings. The Hall–Kier alpha value is -2.90. The van der Waals surface area contributed by atoms with E-state index < -0.39 is 0 Å². The third-order valence-corrected chi connectivity index (χ3v) is 5.76. The zero-order valence-electron chi connectivity index (χ0n) is 17.6. The van der Waals surface area contributed by atoms with Crippen molar-refractivity contribution < 1.29 is 9.32 Å². The van der Waals surface area contributed by atoms with Crippen molar-refractivity contribution in [1.82, 2.24) is 20.4 Å². The van der Waals surface area contributed by atoms with Crippen LogP contribution in [0.4, 0.5) is 5.69 Å². The second-order valence-corrected chi connectivity index (χ2v) is 8.05. The summed E-state index contributed by atoms with van der Waals surface area (Å²) in [7, 11) is 0. The molecule has 2 aromatic heterocycles. The average molecular weight is 440 g/mol. The van der Waals surface area contributed by atoms with Crippen molar-refractivity contribution in [2.75, 3.05) is 44.2 Å². The molecule has 3 heterocycles. The topological polar surface area (TPSA) is 74.5 Å². The lowest BCUT2D eigenvalue weighted by molar-refractivity contribution is 0.0950. The van der Waals surface area contributed by atoms with E-state index in [2.05, 4.69) is 31.3 Å². The largest absolute Gasteiger partial charge is 0.369 e. The zero-order valence-corrected chi connectivity index (χ0v) is 18.3. The molecule has 1 fully saturated rings. The molecule has 0 saturated carbocycles. The first-order chi connectivity index (χ1) is 15.1. The number of pyridine rings is 1. The first kappa shape index (κ1) is 21.3. The number of carbonyl (C=O) groups excluding carboxylic acids is 1. The molecule has 4 rings (SSSR count). The maximum atomic E-state index is 12.7. The van der Waals surface area contributed by atoms with E-state index in [0.29, 0.717) is 23.6 Å². The van der Waals surface area contributed by atoms with Gasteiger partial charge in [0.1, 0.15) is 17.0 Å². The van der Waals surface area contributed by atoms with Gasteiger partial charge in [0.15, 0.2) is 0 Å². The number of hydrogen-bond donors (Lipinski definition) is 1. The Morgan fingerprint density at radius 3 is 2.68 bits per heavy atom. The molecule has 0 radical (unpaired) electrons. The molecule has 1 aromatic carbocycles. The van der Waals surface area contributed by atoms with E-state index >= 15 is 0 Å². The number of nitrogens with one attached hydrogen (secondary N) is 1. The van der Waals surface area contributed by atoms with Crippen LogP contribution in [0, 0.1) is 6.92 Å². The van der Waals surface area contributed by atoms with Gasteiger partial charge in [0.05, 0.1) is 0 Å². The second kappa shape index (κ2) is 9.94. The summed E-state index contributed by atoms with van der Waals surface area (Å²) in [5.74, 6) is 0.359. The highest BCUT2D eigenvalue weighted by Crippen LogP contribution is 2.24. The summed E-state index contributed by atoms with van der Waals surface area (Å²) in [5.41, 5.74) is 3.03. The highest BCUT2D eigenvalue weighted by Gasteiger charge is 2.21. The molecule has 7 nitrogen and oxygen atoms in total. The molecule has 3 aromatic rings. The fourth-order valence-corrected chi connectivity index (χ4v) is 4.03. The number of halogens is 1. The fourth-order valence-electron chi connectivity index (χ4n) is 3.84. The van der Waals surface area contributed by atoms with Crippen LogP contribution in [0.5, 0.6) is 0 Å². The molecule has 0 aliphatic carbocycles. The molecular weight excluding hydrogens is 414 g/mol. The van der Waals surface area contributed by atoms with Crippen molar-refractivity contribution in [3.63, 3.8) is 0 Å². The number of aryl methyl sites for hydroxylation is 1. The van der Waals surface area contributed by atoms with Gasteiger partial charge >= 0.3 is 0 Å². The number of carbonyl (C=O) groups is 1. The minimum absolute atomic E-state index is 0.156. The Morgan fingerprint density at radius 1 is 1.16 bits per heavy atom.